The number of nitrogens with zero attached hydrogens (tertiary/aromatic N) is 2. The molecule has 0 amide bonds. The standard InChI is InChI=1S/C7H6BrF2N3O2/c8-2-3-1-4(11)5(6(9)10)12-7(3)13(14)15/h1,6H,2,11H2. The number of hydrogen-bond acceptors (Lipinski definition) is 4. The Kier molecular flexibility index (Phi) is 3.51. The predicted molar refractivity (Wildman–Crippen MR) is 52.9 cm³/mol. The number of alkyl halides is 3. The number of halogens is 3. The molecule has 0 saturated heterocycles. The van der Waals surface area contributed by atoms with E-state index in [2.05, 4.69) is 20.9 Å². The summed E-state index contributed by atoms with van der Waals surface area (Å²) in [6.07, 6.45) is -2.92. The highest BCUT2D eigenvalue weighted by Crippen LogP contribution is 2.29. The van der Waals surface area contributed by atoms with Crippen LogP contribution in [0.5, 0.6) is 0 Å². The van der Waals surface area contributed by atoms with Crippen molar-refractivity contribution in [3.05, 3.63) is 27.4 Å². The summed E-state index contributed by atoms with van der Waals surface area (Å²) in [5.41, 5.74) is 4.45. The number of nitrogen functional groups attached to an aromatic ring is 1. The molecule has 1 heterocycles. The van der Waals surface area contributed by atoms with Crippen LogP contribution in [0.25, 0.3) is 0 Å². The van der Waals surface area contributed by atoms with Gasteiger partial charge in [-0.15, -0.1) is 0 Å². The fourth-order valence-electron chi connectivity index (χ4n) is 1.01. The van der Waals surface area contributed by atoms with Crippen LogP contribution in [-0.4, -0.2) is 9.91 Å². The van der Waals surface area contributed by atoms with Crippen LogP contribution < -0.4 is 5.73 Å². The molecule has 8 heteroatoms. The minimum atomic E-state index is -2.92. The smallest absolute Gasteiger partial charge is 0.368 e. The topological polar surface area (TPSA) is 82.0 Å². The van der Waals surface area contributed by atoms with Crippen LogP contribution in [0.4, 0.5) is 20.3 Å². The first-order valence-electron chi connectivity index (χ1n) is 3.75. The molecule has 82 valence electrons. The number of anilines is 1. The molecule has 0 atom stereocenters. The number of nitrogens with two attached hydrogens (primary N) is 1. The zero-order valence-corrected chi connectivity index (χ0v) is 8.87. The fourth-order valence-corrected chi connectivity index (χ4v) is 1.42. The van der Waals surface area contributed by atoms with Gasteiger partial charge in [-0.25, -0.2) is 8.78 Å². The lowest BCUT2D eigenvalue weighted by Crippen LogP contribution is -2.05. The zero-order valence-electron chi connectivity index (χ0n) is 7.28. The number of hydrogen-bond donors (Lipinski definition) is 1. The monoisotopic (exact) mass is 281 g/mol. The van der Waals surface area contributed by atoms with Crippen molar-refractivity contribution in [1.82, 2.24) is 4.98 Å². The van der Waals surface area contributed by atoms with Crippen molar-refractivity contribution in [3.8, 4) is 0 Å². The first kappa shape index (κ1) is 11.8. The van der Waals surface area contributed by atoms with Crippen molar-refractivity contribution in [2.75, 3.05) is 5.73 Å². The molecule has 0 aromatic carbocycles. The van der Waals surface area contributed by atoms with Crippen molar-refractivity contribution in [3.63, 3.8) is 0 Å². The molecular formula is C7H6BrF2N3O2. The quantitative estimate of drug-likeness (QED) is 0.524. The Balaban J connectivity index is 3.37. The van der Waals surface area contributed by atoms with E-state index in [1.54, 1.807) is 0 Å². The van der Waals surface area contributed by atoms with Crippen LogP contribution in [0.1, 0.15) is 17.7 Å². The van der Waals surface area contributed by atoms with Crippen LogP contribution in [-0.2, 0) is 5.33 Å². The molecule has 1 aromatic rings. The summed E-state index contributed by atoms with van der Waals surface area (Å²) in [6.45, 7) is 0. The van der Waals surface area contributed by atoms with Gasteiger partial charge < -0.3 is 15.8 Å². The van der Waals surface area contributed by atoms with Gasteiger partial charge in [0.15, 0.2) is 0 Å². The Bertz CT molecular complexity index is 400. The number of pyridine rings is 1. The second kappa shape index (κ2) is 4.47. The molecule has 0 spiro atoms. The summed E-state index contributed by atoms with van der Waals surface area (Å²) in [4.78, 5) is 12.9. The predicted octanol–water partition coefficient (Wildman–Crippen LogP) is 2.40. The third kappa shape index (κ3) is 2.38. The van der Waals surface area contributed by atoms with Gasteiger partial charge in [0.1, 0.15) is 0 Å². The van der Waals surface area contributed by atoms with Crippen LogP contribution in [0.3, 0.4) is 0 Å². The first-order chi connectivity index (χ1) is 6.97. The second-order valence-electron chi connectivity index (χ2n) is 2.64. The van der Waals surface area contributed by atoms with Gasteiger partial charge in [-0.05, 0) is 16.0 Å². The molecule has 2 N–H and O–H groups in total. The lowest BCUT2D eigenvalue weighted by Gasteiger charge is -2.03. The molecule has 0 radical (unpaired) electrons. The first-order valence-corrected chi connectivity index (χ1v) is 4.87. The Morgan fingerprint density at radius 1 is 1.67 bits per heavy atom. The Morgan fingerprint density at radius 3 is 2.67 bits per heavy atom. The largest absolute Gasteiger partial charge is 0.395 e. The van der Waals surface area contributed by atoms with E-state index in [1.807, 2.05) is 0 Å². The maximum atomic E-state index is 12.3. The molecule has 0 fully saturated rings. The summed E-state index contributed by atoms with van der Waals surface area (Å²) in [5, 5.41) is 10.6. The Labute approximate surface area is 91.6 Å². The van der Waals surface area contributed by atoms with E-state index in [0.717, 1.165) is 6.07 Å². The van der Waals surface area contributed by atoms with Crippen LogP contribution in [0, 0.1) is 10.1 Å². The van der Waals surface area contributed by atoms with Gasteiger partial charge in [-0.3, -0.25) is 0 Å². The summed E-state index contributed by atoms with van der Waals surface area (Å²) >= 11 is 2.98. The van der Waals surface area contributed by atoms with Gasteiger partial charge in [0.05, 0.1) is 11.3 Å². The van der Waals surface area contributed by atoms with Crippen molar-refractivity contribution in [1.29, 1.82) is 0 Å². The van der Waals surface area contributed by atoms with E-state index in [9.17, 15) is 18.9 Å². The minimum Gasteiger partial charge on any atom is -0.395 e. The van der Waals surface area contributed by atoms with E-state index >= 15 is 0 Å². The van der Waals surface area contributed by atoms with E-state index in [1.165, 1.54) is 0 Å². The van der Waals surface area contributed by atoms with Crippen LogP contribution in [0.15, 0.2) is 6.07 Å². The van der Waals surface area contributed by atoms with E-state index in [-0.39, 0.29) is 16.6 Å². The number of aromatic nitrogens is 1. The van der Waals surface area contributed by atoms with Gasteiger partial charge >= 0.3 is 12.2 Å². The van der Waals surface area contributed by atoms with Gasteiger partial charge in [0.25, 0.3) is 0 Å². The zero-order chi connectivity index (χ0) is 11.6. The van der Waals surface area contributed by atoms with Gasteiger partial charge in [0, 0.05) is 5.33 Å². The molecule has 0 aliphatic rings. The molecule has 5 nitrogen and oxygen atoms in total. The van der Waals surface area contributed by atoms with Gasteiger partial charge in [0.2, 0.25) is 5.69 Å². The van der Waals surface area contributed by atoms with Gasteiger partial charge in [-0.2, -0.15) is 0 Å². The maximum absolute atomic E-state index is 12.3. The molecule has 0 saturated carbocycles. The number of rotatable bonds is 3. The van der Waals surface area contributed by atoms with E-state index in [4.69, 9.17) is 5.73 Å². The number of nitro groups is 1. The SMILES string of the molecule is Nc1cc(CBr)c([N+](=O)[O-])nc1C(F)F. The fraction of sp³-hybridized carbons (Fsp3) is 0.286. The highest BCUT2D eigenvalue weighted by molar-refractivity contribution is 9.08. The average molecular weight is 282 g/mol. The molecule has 0 bridgehead atoms. The summed E-state index contributed by atoms with van der Waals surface area (Å²) < 4.78 is 24.7. The third-order valence-electron chi connectivity index (χ3n) is 1.66. The molecule has 0 aliphatic carbocycles. The minimum absolute atomic E-state index is 0.129. The summed E-state index contributed by atoms with van der Waals surface area (Å²) in [7, 11) is 0. The molecule has 15 heavy (non-hydrogen) atoms. The van der Waals surface area contributed by atoms with Crippen molar-refractivity contribution >= 4 is 27.4 Å². The average Bonchev–Trinajstić information content (AvgIpc) is 2.16. The molecule has 0 unspecified atom stereocenters. The van der Waals surface area contributed by atoms with Crippen molar-refractivity contribution in [2.45, 2.75) is 11.8 Å². The Morgan fingerprint density at radius 2 is 2.27 bits per heavy atom. The molecule has 1 rings (SSSR count). The van der Waals surface area contributed by atoms with Gasteiger partial charge in [-0.1, -0.05) is 15.9 Å². The van der Waals surface area contributed by atoms with Crippen molar-refractivity contribution < 1.29 is 13.7 Å². The highest BCUT2D eigenvalue weighted by Gasteiger charge is 2.25. The lowest BCUT2D eigenvalue weighted by atomic mass is 10.2. The second-order valence-corrected chi connectivity index (χ2v) is 3.20. The summed E-state index contributed by atoms with van der Waals surface area (Å²) in [6, 6.07) is 1.13. The maximum Gasteiger partial charge on any atom is 0.368 e. The van der Waals surface area contributed by atoms with Crippen LogP contribution in [0.2, 0.25) is 0 Å². The van der Waals surface area contributed by atoms with Crippen LogP contribution >= 0.6 is 15.9 Å². The summed E-state index contributed by atoms with van der Waals surface area (Å²) in [5.74, 6) is -0.601. The molecular weight excluding hydrogens is 276 g/mol. The Hall–Kier alpha value is -1.31. The molecule has 0 aliphatic heterocycles. The molecule has 1 aromatic heterocycles. The van der Waals surface area contributed by atoms with E-state index < -0.39 is 22.9 Å². The van der Waals surface area contributed by atoms with Crippen molar-refractivity contribution in [2.24, 2.45) is 0 Å². The normalized spacial score (nSPS) is 10.7. The van der Waals surface area contributed by atoms with E-state index in [0.29, 0.717) is 0 Å². The third-order valence-corrected chi connectivity index (χ3v) is 2.27. The highest BCUT2D eigenvalue weighted by atomic mass is 79.9. The lowest BCUT2D eigenvalue weighted by molar-refractivity contribution is -0.390.